The molecule has 1 N–H and O–H groups in total. The summed E-state index contributed by atoms with van der Waals surface area (Å²) in [6, 6.07) is 8.36. The molecule has 2 aliphatic rings. The van der Waals surface area contributed by atoms with Crippen molar-refractivity contribution in [3.63, 3.8) is 0 Å². The number of carbonyl (C=O) groups excluding carboxylic acids is 1. The van der Waals surface area contributed by atoms with Crippen LogP contribution in [0.5, 0.6) is 0 Å². The van der Waals surface area contributed by atoms with Gasteiger partial charge in [-0.05, 0) is 37.4 Å². The fourth-order valence-corrected chi connectivity index (χ4v) is 5.24. The van der Waals surface area contributed by atoms with Crippen molar-refractivity contribution in [2.45, 2.75) is 24.7 Å². The maximum absolute atomic E-state index is 12.6. The number of amides is 2. The topological polar surface area (TPSA) is 73.0 Å². The van der Waals surface area contributed by atoms with Gasteiger partial charge in [0.2, 0.25) is 10.0 Å². The zero-order valence-corrected chi connectivity index (χ0v) is 16.8. The molecule has 2 saturated heterocycles. The molecule has 0 saturated carbocycles. The molecule has 2 amide bonds. The van der Waals surface area contributed by atoms with Crippen molar-refractivity contribution in [1.29, 1.82) is 0 Å². The highest BCUT2D eigenvalue weighted by atomic mass is 32.2. The Labute approximate surface area is 162 Å². The van der Waals surface area contributed by atoms with Gasteiger partial charge in [-0.3, -0.25) is 0 Å². The molecule has 2 heterocycles. The Balaban J connectivity index is 1.43. The summed E-state index contributed by atoms with van der Waals surface area (Å²) in [5.74, 6) is 0.731. The van der Waals surface area contributed by atoms with Crippen LogP contribution in [0.1, 0.15) is 19.8 Å². The molecule has 0 spiro atoms. The highest BCUT2D eigenvalue weighted by molar-refractivity contribution is 7.89. The first-order valence-corrected chi connectivity index (χ1v) is 11.2. The zero-order chi connectivity index (χ0) is 19.3. The third kappa shape index (κ3) is 5.21. The summed E-state index contributed by atoms with van der Waals surface area (Å²) in [5, 5.41) is 2.98. The van der Waals surface area contributed by atoms with E-state index in [4.69, 9.17) is 0 Å². The van der Waals surface area contributed by atoms with E-state index in [1.807, 2.05) is 0 Å². The average Bonchev–Trinajstić information content (AvgIpc) is 2.69. The van der Waals surface area contributed by atoms with E-state index in [-0.39, 0.29) is 6.03 Å². The lowest BCUT2D eigenvalue weighted by atomic mass is 10.0. The van der Waals surface area contributed by atoms with Crippen LogP contribution >= 0.6 is 0 Å². The largest absolute Gasteiger partial charge is 0.337 e. The number of hydrogen-bond acceptors (Lipinski definition) is 4. The lowest BCUT2D eigenvalue weighted by molar-refractivity contribution is 0.163. The number of carbonyl (C=O) groups is 1. The Morgan fingerprint density at radius 2 is 1.81 bits per heavy atom. The molecule has 1 unspecified atom stereocenters. The quantitative estimate of drug-likeness (QED) is 0.820. The number of urea groups is 1. The molecular formula is C19H30N4O3S. The van der Waals surface area contributed by atoms with Gasteiger partial charge < -0.3 is 15.1 Å². The number of benzene rings is 1. The van der Waals surface area contributed by atoms with E-state index in [2.05, 4.69) is 17.1 Å². The van der Waals surface area contributed by atoms with Crippen LogP contribution in [0.25, 0.3) is 0 Å². The van der Waals surface area contributed by atoms with Crippen molar-refractivity contribution in [2.24, 2.45) is 5.92 Å². The third-order valence-corrected chi connectivity index (χ3v) is 7.27. The highest BCUT2D eigenvalue weighted by Crippen LogP contribution is 2.17. The van der Waals surface area contributed by atoms with Crippen LogP contribution in [-0.4, -0.2) is 80.9 Å². The van der Waals surface area contributed by atoms with E-state index in [9.17, 15) is 13.2 Å². The number of rotatable bonds is 5. The molecule has 8 heteroatoms. The number of hydrogen-bond donors (Lipinski definition) is 1. The molecule has 0 radical (unpaired) electrons. The van der Waals surface area contributed by atoms with E-state index < -0.39 is 10.0 Å². The smallest absolute Gasteiger partial charge is 0.317 e. The van der Waals surface area contributed by atoms with E-state index in [1.54, 1.807) is 35.2 Å². The molecule has 7 nitrogen and oxygen atoms in total. The van der Waals surface area contributed by atoms with Crippen LogP contribution < -0.4 is 5.32 Å². The van der Waals surface area contributed by atoms with Crippen molar-refractivity contribution in [3.05, 3.63) is 30.3 Å². The summed E-state index contributed by atoms with van der Waals surface area (Å²) in [7, 11) is -3.48. The number of piperidine rings is 1. The van der Waals surface area contributed by atoms with Crippen molar-refractivity contribution in [2.75, 3.05) is 52.4 Å². The van der Waals surface area contributed by atoms with E-state index >= 15 is 0 Å². The van der Waals surface area contributed by atoms with Crippen molar-refractivity contribution >= 4 is 16.1 Å². The standard InChI is InChI=1S/C19H30N4O3S/c1-17-6-5-10-21(16-17)11-9-20-19(24)22-12-14-23(15-13-22)27(25,26)18-7-3-2-4-8-18/h2-4,7-8,17H,5-6,9-16H2,1H3,(H,20,24). The second-order valence-electron chi connectivity index (χ2n) is 7.48. The Morgan fingerprint density at radius 1 is 1.11 bits per heavy atom. The minimum Gasteiger partial charge on any atom is -0.337 e. The first-order chi connectivity index (χ1) is 13.0. The number of nitrogens with one attached hydrogen (secondary N) is 1. The third-order valence-electron chi connectivity index (χ3n) is 5.35. The van der Waals surface area contributed by atoms with Gasteiger partial charge in [-0.1, -0.05) is 25.1 Å². The molecular weight excluding hydrogens is 364 g/mol. The Kier molecular flexibility index (Phi) is 6.73. The van der Waals surface area contributed by atoms with Gasteiger partial charge in [0.05, 0.1) is 4.90 Å². The van der Waals surface area contributed by atoms with Crippen LogP contribution in [0.2, 0.25) is 0 Å². The van der Waals surface area contributed by atoms with E-state index in [0.717, 1.165) is 25.6 Å². The van der Waals surface area contributed by atoms with E-state index in [0.29, 0.717) is 37.6 Å². The predicted molar refractivity (Wildman–Crippen MR) is 105 cm³/mol. The molecule has 0 aliphatic carbocycles. The lowest BCUT2D eigenvalue weighted by Crippen LogP contribution is -2.53. The molecule has 1 aromatic carbocycles. The van der Waals surface area contributed by atoms with Crippen LogP contribution in [0.4, 0.5) is 4.79 Å². The maximum Gasteiger partial charge on any atom is 0.317 e. The van der Waals surface area contributed by atoms with Gasteiger partial charge in [-0.2, -0.15) is 4.31 Å². The number of nitrogens with zero attached hydrogens (tertiary/aromatic N) is 3. The molecule has 2 aliphatic heterocycles. The van der Waals surface area contributed by atoms with Gasteiger partial charge in [-0.25, -0.2) is 13.2 Å². The first kappa shape index (κ1) is 20.1. The van der Waals surface area contributed by atoms with Gasteiger partial charge in [0.1, 0.15) is 0 Å². The molecule has 3 rings (SSSR count). The molecule has 0 bridgehead atoms. The first-order valence-electron chi connectivity index (χ1n) is 9.77. The number of likely N-dealkylation sites (tertiary alicyclic amines) is 1. The lowest BCUT2D eigenvalue weighted by Gasteiger charge is -2.34. The second-order valence-corrected chi connectivity index (χ2v) is 9.42. The van der Waals surface area contributed by atoms with Gasteiger partial charge in [0, 0.05) is 45.8 Å². The number of piperazine rings is 1. The molecule has 2 fully saturated rings. The fourth-order valence-electron chi connectivity index (χ4n) is 3.80. The van der Waals surface area contributed by atoms with Crippen molar-refractivity contribution in [3.8, 4) is 0 Å². The van der Waals surface area contributed by atoms with Crippen LogP contribution in [0.3, 0.4) is 0 Å². The minimum atomic E-state index is -3.48. The number of sulfonamides is 1. The summed E-state index contributed by atoms with van der Waals surface area (Å²) in [4.78, 5) is 16.8. The van der Waals surface area contributed by atoms with Crippen LogP contribution in [0.15, 0.2) is 35.2 Å². The van der Waals surface area contributed by atoms with Gasteiger partial charge in [0.15, 0.2) is 0 Å². The Morgan fingerprint density at radius 3 is 2.48 bits per heavy atom. The van der Waals surface area contributed by atoms with Crippen molar-refractivity contribution < 1.29 is 13.2 Å². The van der Waals surface area contributed by atoms with Crippen LogP contribution in [-0.2, 0) is 10.0 Å². The maximum atomic E-state index is 12.6. The monoisotopic (exact) mass is 394 g/mol. The predicted octanol–water partition coefficient (Wildman–Crippen LogP) is 1.43. The molecule has 27 heavy (non-hydrogen) atoms. The van der Waals surface area contributed by atoms with E-state index in [1.165, 1.54) is 17.1 Å². The van der Waals surface area contributed by atoms with Crippen molar-refractivity contribution in [1.82, 2.24) is 19.4 Å². The highest BCUT2D eigenvalue weighted by Gasteiger charge is 2.29. The molecule has 150 valence electrons. The molecule has 1 aromatic rings. The SMILES string of the molecule is CC1CCCN(CCNC(=O)N2CCN(S(=O)(=O)c3ccccc3)CC2)C1. The molecule has 1 atom stereocenters. The normalized spacial score (nSPS) is 22.6. The summed E-state index contributed by atoms with van der Waals surface area (Å²) < 4.78 is 26.7. The second kappa shape index (κ2) is 9.03. The fraction of sp³-hybridized carbons (Fsp3) is 0.632. The summed E-state index contributed by atoms with van der Waals surface area (Å²) >= 11 is 0. The molecule has 0 aromatic heterocycles. The Bertz CT molecular complexity index is 718. The van der Waals surface area contributed by atoms with Crippen LogP contribution in [0, 0.1) is 5.92 Å². The summed E-state index contributed by atoms with van der Waals surface area (Å²) in [6.07, 6.45) is 2.52. The minimum absolute atomic E-state index is 0.100. The zero-order valence-electron chi connectivity index (χ0n) is 16.0. The van der Waals surface area contributed by atoms with Gasteiger partial charge >= 0.3 is 6.03 Å². The summed E-state index contributed by atoms with van der Waals surface area (Å²) in [6.45, 7) is 7.47. The average molecular weight is 395 g/mol. The van der Waals surface area contributed by atoms with Gasteiger partial charge in [0.25, 0.3) is 0 Å². The summed E-state index contributed by atoms with van der Waals surface area (Å²) in [5.41, 5.74) is 0. The Hall–Kier alpha value is -1.64. The van der Waals surface area contributed by atoms with Gasteiger partial charge in [-0.15, -0.1) is 0 Å².